The lowest BCUT2D eigenvalue weighted by Crippen LogP contribution is -2.30. The van der Waals surface area contributed by atoms with Gasteiger partial charge >= 0.3 is 0 Å². The number of nitrogens with zero attached hydrogens (tertiary/aromatic N) is 1. The van der Waals surface area contributed by atoms with Gasteiger partial charge in [0.15, 0.2) is 0 Å². The van der Waals surface area contributed by atoms with Crippen molar-refractivity contribution in [3.05, 3.63) is 34.9 Å². The van der Waals surface area contributed by atoms with Crippen molar-refractivity contribution in [2.45, 2.75) is 52.6 Å². The lowest BCUT2D eigenvalue weighted by Gasteiger charge is -2.23. The number of rotatable bonds is 4. The highest BCUT2D eigenvalue weighted by Crippen LogP contribution is 2.24. The van der Waals surface area contributed by atoms with Crippen LogP contribution in [0.25, 0.3) is 0 Å². The lowest BCUT2D eigenvalue weighted by atomic mass is 9.99. The molecule has 0 aliphatic carbocycles. The molecule has 1 heterocycles. The van der Waals surface area contributed by atoms with Crippen molar-refractivity contribution >= 4 is 0 Å². The van der Waals surface area contributed by atoms with Crippen molar-refractivity contribution in [3.8, 4) is 0 Å². The van der Waals surface area contributed by atoms with E-state index in [4.69, 9.17) is 5.73 Å². The molecule has 0 bridgehead atoms. The van der Waals surface area contributed by atoms with Gasteiger partial charge in [-0.25, -0.2) is 0 Å². The zero-order valence-electron chi connectivity index (χ0n) is 12.8. The molecule has 0 aromatic heterocycles. The normalized spacial score (nSPS) is 25.7. The molecule has 19 heavy (non-hydrogen) atoms. The first-order chi connectivity index (χ1) is 8.95. The first kappa shape index (κ1) is 14.5. The van der Waals surface area contributed by atoms with Crippen LogP contribution in [0.2, 0.25) is 0 Å². The van der Waals surface area contributed by atoms with Crippen LogP contribution in [0.4, 0.5) is 0 Å². The van der Waals surface area contributed by atoms with Gasteiger partial charge in [0.25, 0.3) is 0 Å². The molecule has 2 N–H and O–H groups in total. The molecule has 1 fully saturated rings. The van der Waals surface area contributed by atoms with Crippen molar-refractivity contribution < 1.29 is 0 Å². The third-order valence-corrected chi connectivity index (χ3v) is 4.31. The Morgan fingerprint density at radius 2 is 1.84 bits per heavy atom. The van der Waals surface area contributed by atoms with E-state index in [0.717, 1.165) is 24.9 Å². The van der Waals surface area contributed by atoms with Crippen LogP contribution in [-0.4, -0.2) is 24.0 Å². The molecule has 2 heteroatoms. The van der Waals surface area contributed by atoms with Crippen LogP contribution in [0.3, 0.4) is 0 Å². The summed E-state index contributed by atoms with van der Waals surface area (Å²) in [7, 11) is 0. The Kier molecular flexibility index (Phi) is 4.64. The Balaban J connectivity index is 1.92. The summed E-state index contributed by atoms with van der Waals surface area (Å²) < 4.78 is 0. The second kappa shape index (κ2) is 6.06. The molecule has 2 rings (SSSR count). The molecule has 0 amide bonds. The molecule has 2 nitrogen and oxygen atoms in total. The van der Waals surface area contributed by atoms with Gasteiger partial charge in [0.1, 0.15) is 0 Å². The van der Waals surface area contributed by atoms with E-state index in [-0.39, 0.29) is 6.04 Å². The minimum Gasteiger partial charge on any atom is -0.324 e. The third kappa shape index (κ3) is 3.80. The van der Waals surface area contributed by atoms with E-state index in [9.17, 15) is 0 Å². The lowest BCUT2D eigenvalue weighted by molar-refractivity contribution is 0.255. The Hall–Kier alpha value is -0.860. The van der Waals surface area contributed by atoms with Crippen molar-refractivity contribution in [1.29, 1.82) is 0 Å². The van der Waals surface area contributed by atoms with Gasteiger partial charge in [0, 0.05) is 25.2 Å². The van der Waals surface area contributed by atoms with Gasteiger partial charge in [-0.1, -0.05) is 36.2 Å². The Labute approximate surface area is 118 Å². The molecule has 0 spiro atoms. The second-order valence-corrected chi connectivity index (χ2v) is 6.50. The Bertz CT molecular complexity index is 407. The van der Waals surface area contributed by atoms with E-state index in [0.29, 0.717) is 0 Å². The van der Waals surface area contributed by atoms with Crippen LogP contribution in [-0.2, 0) is 0 Å². The van der Waals surface area contributed by atoms with Gasteiger partial charge in [-0.3, -0.25) is 0 Å². The number of nitrogens with two attached hydrogens (primary N) is 1. The molecule has 1 aliphatic rings. The minimum atomic E-state index is 0.168. The predicted octanol–water partition coefficient (Wildman–Crippen LogP) is 3.42. The second-order valence-electron chi connectivity index (χ2n) is 6.50. The van der Waals surface area contributed by atoms with Crippen LogP contribution < -0.4 is 5.73 Å². The maximum atomic E-state index is 6.36. The standard InChI is InChI=1S/C17H28N2/c1-12-7-13(2)10-16(9-12)17(18)5-6-19-11-14(3)8-15(19)4/h7,9-10,14-15,17H,5-6,8,11,18H2,1-4H3. The average Bonchev–Trinajstić information content (AvgIpc) is 2.63. The highest BCUT2D eigenvalue weighted by atomic mass is 15.2. The van der Waals surface area contributed by atoms with Crippen molar-refractivity contribution in [2.75, 3.05) is 13.1 Å². The molecular formula is C17H28N2. The molecule has 1 saturated heterocycles. The number of likely N-dealkylation sites (tertiary alicyclic amines) is 1. The summed E-state index contributed by atoms with van der Waals surface area (Å²) in [5.74, 6) is 0.840. The van der Waals surface area contributed by atoms with E-state index in [1.165, 1.54) is 29.7 Å². The molecule has 0 saturated carbocycles. The first-order valence-electron chi connectivity index (χ1n) is 7.53. The van der Waals surface area contributed by atoms with Crippen LogP contribution in [0, 0.1) is 19.8 Å². The van der Waals surface area contributed by atoms with Crippen LogP contribution >= 0.6 is 0 Å². The van der Waals surface area contributed by atoms with Crippen molar-refractivity contribution in [1.82, 2.24) is 4.90 Å². The molecule has 106 valence electrons. The number of hydrogen-bond acceptors (Lipinski definition) is 2. The fourth-order valence-electron chi connectivity index (χ4n) is 3.39. The zero-order valence-corrected chi connectivity index (χ0v) is 12.8. The van der Waals surface area contributed by atoms with Crippen LogP contribution in [0.1, 0.15) is 49.4 Å². The smallest absolute Gasteiger partial charge is 0.0307 e. The molecule has 3 unspecified atom stereocenters. The van der Waals surface area contributed by atoms with Gasteiger partial charge < -0.3 is 10.6 Å². The van der Waals surface area contributed by atoms with Crippen LogP contribution in [0.15, 0.2) is 18.2 Å². The minimum absolute atomic E-state index is 0.168. The van der Waals surface area contributed by atoms with Crippen molar-refractivity contribution in [3.63, 3.8) is 0 Å². The van der Waals surface area contributed by atoms with E-state index >= 15 is 0 Å². The monoisotopic (exact) mass is 260 g/mol. The molecular weight excluding hydrogens is 232 g/mol. The van der Waals surface area contributed by atoms with Gasteiger partial charge in [0.05, 0.1) is 0 Å². The Morgan fingerprint density at radius 3 is 2.37 bits per heavy atom. The summed E-state index contributed by atoms with van der Waals surface area (Å²) in [6.07, 6.45) is 2.39. The van der Waals surface area contributed by atoms with Gasteiger partial charge in [-0.05, 0) is 45.1 Å². The average molecular weight is 260 g/mol. The fourth-order valence-corrected chi connectivity index (χ4v) is 3.39. The number of benzene rings is 1. The fraction of sp³-hybridized carbons (Fsp3) is 0.647. The Morgan fingerprint density at radius 1 is 1.21 bits per heavy atom. The molecule has 1 aromatic rings. The van der Waals surface area contributed by atoms with E-state index in [2.05, 4.69) is 50.8 Å². The summed E-state index contributed by atoms with van der Waals surface area (Å²) >= 11 is 0. The highest BCUT2D eigenvalue weighted by molar-refractivity contribution is 5.30. The number of hydrogen-bond donors (Lipinski definition) is 1. The zero-order chi connectivity index (χ0) is 14.0. The highest BCUT2D eigenvalue weighted by Gasteiger charge is 2.25. The largest absolute Gasteiger partial charge is 0.324 e. The maximum Gasteiger partial charge on any atom is 0.0307 e. The predicted molar refractivity (Wildman–Crippen MR) is 82.3 cm³/mol. The summed E-state index contributed by atoms with van der Waals surface area (Å²) in [6, 6.07) is 7.56. The first-order valence-corrected chi connectivity index (χ1v) is 7.53. The molecule has 3 atom stereocenters. The van der Waals surface area contributed by atoms with Gasteiger partial charge in [-0.15, -0.1) is 0 Å². The quantitative estimate of drug-likeness (QED) is 0.898. The van der Waals surface area contributed by atoms with E-state index in [1.54, 1.807) is 0 Å². The maximum absolute atomic E-state index is 6.36. The van der Waals surface area contributed by atoms with Crippen LogP contribution in [0.5, 0.6) is 0 Å². The summed E-state index contributed by atoms with van der Waals surface area (Å²) in [4.78, 5) is 2.59. The summed E-state index contributed by atoms with van der Waals surface area (Å²) in [6.45, 7) is 11.3. The number of aryl methyl sites for hydroxylation is 2. The molecule has 0 radical (unpaired) electrons. The third-order valence-electron chi connectivity index (χ3n) is 4.31. The van der Waals surface area contributed by atoms with Gasteiger partial charge in [0.2, 0.25) is 0 Å². The van der Waals surface area contributed by atoms with Crippen molar-refractivity contribution in [2.24, 2.45) is 11.7 Å². The topological polar surface area (TPSA) is 29.3 Å². The molecule has 1 aliphatic heterocycles. The van der Waals surface area contributed by atoms with Gasteiger partial charge in [-0.2, -0.15) is 0 Å². The SMILES string of the molecule is Cc1cc(C)cc(C(N)CCN2CC(C)CC2C)c1. The molecule has 1 aromatic carbocycles. The summed E-state index contributed by atoms with van der Waals surface area (Å²) in [5, 5.41) is 0. The summed E-state index contributed by atoms with van der Waals surface area (Å²) in [5.41, 5.74) is 10.3. The van der Waals surface area contributed by atoms with E-state index in [1.807, 2.05) is 0 Å². The van der Waals surface area contributed by atoms with E-state index < -0.39 is 0 Å².